The molecule has 6 nitrogen and oxygen atoms in total. The maximum absolute atomic E-state index is 13.9. The molecule has 0 aromatic carbocycles. The molecule has 0 amide bonds. The van der Waals surface area contributed by atoms with Crippen LogP contribution in [-0.4, -0.2) is 44.7 Å². The zero-order chi connectivity index (χ0) is 17.2. The zero-order valence-corrected chi connectivity index (χ0v) is 14.2. The fourth-order valence-electron chi connectivity index (χ4n) is 3.54. The van der Waals surface area contributed by atoms with Gasteiger partial charge in [-0.1, -0.05) is 11.2 Å². The van der Waals surface area contributed by atoms with Crippen LogP contribution in [0.25, 0.3) is 5.65 Å². The number of halogens is 1. The molecule has 0 bridgehead atoms. The molecule has 4 heterocycles. The number of alkyl halides is 1. The first-order valence-corrected chi connectivity index (χ1v) is 8.61. The van der Waals surface area contributed by atoms with E-state index in [2.05, 4.69) is 30.8 Å². The van der Waals surface area contributed by atoms with Crippen LogP contribution in [-0.2, 0) is 13.1 Å². The highest BCUT2D eigenvalue weighted by Crippen LogP contribution is 2.22. The highest BCUT2D eigenvalue weighted by atomic mass is 19.1. The lowest BCUT2D eigenvalue weighted by molar-refractivity contribution is 0.204. The Morgan fingerprint density at radius 3 is 3.16 bits per heavy atom. The van der Waals surface area contributed by atoms with E-state index in [1.54, 1.807) is 6.20 Å². The molecule has 3 aromatic heterocycles. The molecule has 132 valence electrons. The fourth-order valence-corrected chi connectivity index (χ4v) is 3.54. The molecule has 1 aliphatic rings. The van der Waals surface area contributed by atoms with Crippen LogP contribution in [0.15, 0.2) is 41.2 Å². The van der Waals surface area contributed by atoms with Crippen molar-refractivity contribution in [2.45, 2.75) is 38.6 Å². The average Bonchev–Trinajstić information content (AvgIpc) is 3.29. The number of nitrogens with zero attached hydrogens (tertiary/aromatic N) is 4. The van der Waals surface area contributed by atoms with E-state index in [4.69, 9.17) is 4.52 Å². The van der Waals surface area contributed by atoms with Crippen LogP contribution in [0.5, 0.6) is 0 Å². The number of hydrogen-bond acceptors (Lipinski definition) is 5. The lowest BCUT2D eigenvalue weighted by Gasteiger charge is -2.23. The van der Waals surface area contributed by atoms with Gasteiger partial charge in [0, 0.05) is 49.8 Å². The molecule has 4 rings (SSSR count). The van der Waals surface area contributed by atoms with Gasteiger partial charge in [0.05, 0.1) is 12.2 Å². The highest BCUT2D eigenvalue weighted by Gasteiger charge is 2.32. The third-order valence-corrected chi connectivity index (χ3v) is 4.71. The Kier molecular flexibility index (Phi) is 4.50. The zero-order valence-electron chi connectivity index (χ0n) is 14.2. The highest BCUT2D eigenvalue weighted by molar-refractivity contribution is 5.39. The van der Waals surface area contributed by atoms with E-state index in [-0.39, 0.29) is 6.04 Å². The molecule has 7 heteroatoms. The minimum absolute atomic E-state index is 0.155. The van der Waals surface area contributed by atoms with Crippen molar-refractivity contribution in [2.24, 2.45) is 0 Å². The third-order valence-electron chi connectivity index (χ3n) is 4.71. The molecule has 3 aromatic rings. The molecule has 0 aliphatic carbocycles. The van der Waals surface area contributed by atoms with Crippen LogP contribution in [0.1, 0.15) is 23.6 Å². The maximum atomic E-state index is 13.9. The van der Waals surface area contributed by atoms with Crippen molar-refractivity contribution in [2.75, 3.05) is 13.1 Å². The van der Waals surface area contributed by atoms with Gasteiger partial charge in [-0.05, 0) is 25.5 Å². The van der Waals surface area contributed by atoms with Crippen molar-refractivity contribution in [3.8, 4) is 0 Å². The lowest BCUT2D eigenvalue weighted by atomic mass is 10.2. The summed E-state index contributed by atoms with van der Waals surface area (Å²) in [4.78, 5) is 6.43. The summed E-state index contributed by atoms with van der Waals surface area (Å²) in [5, 5.41) is 7.37. The number of aromatic nitrogens is 3. The molecule has 25 heavy (non-hydrogen) atoms. The standard InChI is InChI=1S/C18H22FN5O/c1-13-7-17(25-22-13)12-23-11-14(19)8-16(23)10-20-9-15-3-2-4-18-21-5-6-24(15)18/h2-7,14,16,20H,8-12H2,1H3/t14-,16-/m0/s1. The summed E-state index contributed by atoms with van der Waals surface area (Å²) >= 11 is 0. The number of fused-ring (bicyclic) bond motifs is 1. The second-order valence-corrected chi connectivity index (χ2v) is 6.65. The lowest BCUT2D eigenvalue weighted by Crippen LogP contribution is -2.37. The second-order valence-electron chi connectivity index (χ2n) is 6.65. The van der Waals surface area contributed by atoms with E-state index in [1.165, 1.54) is 0 Å². The first kappa shape index (κ1) is 16.2. The van der Waals surface area contributed by atoms with Crippen molar-refractivity contribution in [3.05, 3.63) is 53.8 Å². The second kappa shape index (κ2) is 6.93. The van der Waals surface area contributed by atoms with Crippen LogP contribution in [0.2, 0.25) is 0 Å². The Morgan fingerprint density at radius 2 is 2.32 bits per heavy atom. The van der Waals surface area contributed by atoms with Gasteiger partial charge < -0.3 is 14.2 Å². The van der Waals surface area contributed by atoms with Crippen molar-refractivity contribution >= 4 is 5.65 Å². The number of likely N-dealkylation sites (tertiary alicyclic amines) is 1. The van der Waals surface area contributed by atoms with Gasteiger partial charge in [0.2, 0.25) is 0 Å². The third kappa shape index (κ3) is 3.57. The molecule has 1 aliphatic heterocycles. The molecule has 2 atom stereocenters. The molecule has 1 fully saturated rings. The molecular formula is C18H22FN5O. The van der Waals surface area contributed by atoms with Gasteiger partial charge in [-0.2, -0.15) is 0 Å². The molecule has 0 saturated carbocycles. The fraction of sp³-hybridized carbons (Fsp3) is 0.444. The summed E-state index contributed by atoms with van der Waals surface area (Å²) in [6, 6.07) is 8.13. The summed E-state index contributed by atoms with van der Waals surface area (Å²) < 4.78 is 21.3. The van der Waals surface area contributed by atoms with Gasteiger partial charge in [-0.25, -0.2) is 9.37 Å². The normalized spacial score (nSPS) is 21.4. The van der Waals surface area contributed by atoms with Crippen molar-refractivity contribution in [1.82, 2.24) is 24.8 Å². The number of aryl methyl sites for hydroxylation is 1. The van der Waals surface area contributed by atoms with Crippen molar-refractivity contribution in [3.63, 3.8) is 0 Å². The van der Waals surface area contributed by atoms with E-state index in [1.807, 2.05) is 31.3 Å². The quantitative estimate of drug-likeness (QED) is 0.744. The minimum Gasteiger partial charge on any atom is -0.360 e. The number of hydrogen-bond donors (Lipinski definition) is 1. The molecule has 0 spiro atoms. The van der Waals surface area contributed by atoms with Crippen molar-refractivity contribution in [1.29, 1.82) is 0 Å². The molecule has 0 radical (unpaired) electrons. The summed E-state index contributed by atoms with van der Waals surface area (Å²) in [6.07, 6.45) is 3.52. The van der Waals surface area contributed by atoms with E-state index in [0.717, 1.165) is 35.9 Å². The minimum atomic E-state index is -0.784. The largest absolute Gasteiger partial charge is 0.360 e. The Labute approximate surface area is 145 Å². The predicted octanol–water partition coefficient (Wildman–Crippen LogP) is 2.33. The number of imidazole rings is 1. The number of nitrogens with one attached hydrogen (secondary N) is 1. The average molecular weight is 343 g/mol. The summed E-state index contributed by atoms with van der Waals surface area (Å²) in [5.74, 6) is 0.791. The van der Waals surface area contributed by atoms with Gasteiger partial charge in [0.15, 0.2) is 5.76 Å². The van der Waals surface area contributed by atoms with Crippen molar-refractivity contribution < 1.29 is 8.91 Å². The first-order valence-electron chi connectivity index (χ1n) is 8.61. The Morgan fingerprint density at radius 1 is 1.40 bits per heavy atom. The molecule has 0 unspecified atom stereocenters. The van der Waals surface area contributed by atoms with Crippen LogP contribution in [0, 0.1) is 6.92 Å². The van der Waals surface area contributed by atoms with Gasteiger partial charge >= 0.3 is 0 Å². The van der Waals surface area contributed by atoms with Crippen LogP contribution in [0.3, 0.4) is 0 Å². The molecular weight excluding hydrogens is 321 g/mol. The Balaban J connectivity index is 1.36. The van der Waals surface area contributed by atoms with E-state index in [0.29, 0.717) is 19.5 Å². The van der Waals surface area contributed by atoms with Crippen LogP contribution < -0.4 is 5.32 Å². The van der Waals surface area contributed by atoms with Crippen LogP contribution in [0.4, 0.5) is 4.39 Å². The van der Waals surface area contributed by atoms with Gasteiger partial charge in [-0.3, -0.25) is 4.90 Å². The monoisotopic (exact) mass is 343 g/mol. The predicted molar refractivity (Wildman–Crippen MR) is 91.8 cm³/mol. The van der Waals surface area contributed by atoms with Gasteiger partial charge in [-0.15, -0.1) is 0 Å². The SMILES string of the molecule is Cc1cc(CN2C[C@@H](F)C[C@H]2CNCc2cccc3nccn23)on1. The number of rotatable bonds is 6. The topological polar surface area (TPSA) is 58.6 Å². The Hall–Kier alpha value is -2.25. The number of pyridine rings is 1. The van der Waals surface area contributed by atoms with E-state index >= 15 is 0 Å². The van der Waals surface area contributed by atoms with Crippen LogP contribution >= 0.6 is 0 Å². The van der Waals surface area contributed by atoms with E-state index < -0.39 is 6.17 Å². The van der Waals surface area contributed by atoms with E-state index in [9.17, 15) is 4.39 Å². The summed E-state index contributed by atoms with van der Waals surface area (Å²) in [5.41, 5.74) is 2.93. The molecule has 1 N–H and O–H groups in total. The first-order chi connectivity index (χ1) is 12.2. The summed E-state index contributed by atoms with van der Waals surface area (Å²) in [7, 11) is 0. The van der Waals surface area contributed by atoms with Gasteiger partial charge in [0.25, 0.3) is 0 Å². The maximum Gasteiger partial charge on any atom is 0.150 e. The molecule has 1 saturated heterocycles. The smallest absolute Gasteiger partial charge is 0.150 e. The Bertz CT molecular complexity index is 845. The summed E-state index contributed by atoms with van der Waals surface area (Å²) in [6.45, 7) is 4.40. The van der Waals surface area contributed by atoms with Gasteiger partial charge in [0.1, 0.15) is 11.8 Å².